The summed E-state index contributed by atoms with van der Waals surface area (Å²) in [6, 6.07) is 10.5. The number of carboxylic acids is 1. The maximum Gasteiger partial charge on any atom is 0.341 e. The summed E-state index contributed by atoms with van der Waals surface area (Å²) in [4.78, 5) is 10.8. The molecule has 7 N–H and O–H groups in total. The fourth-order valence-corrected chi connectivity index (χ4v) is 5.40. The number of carbonyl (C=O) groups is 1. The van der Waals surface area contributed by atoms with Crippen LogP contribution in [0.25, 0.3) is 0 Å². The molecule has 39 heavy (non-hydrogen) atoms. The minimum atomic E-state index is -0.996. The third kappa shape index (κ3) is 9.80. The third-order valence-corrected chi connectivity index (χ3v) is 7.57. The number of hydrogen-bond donors (Lipinski definition) is 5. The van der Waals surface area contributed by atoms with Crippen LogP contribution < -0.4 is 26.3 Å². The van der Waals surface area contributed by atoms with Crippen LogP contribution in [-0.4, -0.2) is 53.7 Å². The maximum absolute atomic E-state index is 10.8. The Morgan fingerprint density at radius 2 is 1.74 bits per heavy atom. The Hall–Kier alpha value is -2.65. The lowest BCUT2D eigenvalue weighted by Gasteiger charge is -2.23. The minimum absolute atomic E-state index is 0.131. The second kappa shape index (κ2) is 14.7. The first-order chi connectivity index (χ1) is 18.5. The van der Waals surface area contributed by atoms with Gasteiger partial charge in [0.15, 0.2) is 6.61 Å². The first-order valence-electron chi connectivity index (χ1n) is 14.2. The highest BCUT2D eigenvalue weighted by molar-refractivity contribution is 5.68. The van der Waals surface area contributed by atoms with Crippen LogP contribution >= 0.6 is 0 Å². The van der Waals surface area contributed by atoms with Gasteiger partial charge in [-0.15, -0.1) is 0 Å². The molecule has 8 heteroatoms. The zero-order chi connectivity index (χ0) is 28.5. The van der Waals surface area contributed by atoms with Gasteiger partial charge in [-0.3, -0.25) is 0 Å². The Bertz CT molecular complexity index is 1070. The number of rotatable bonds is 11. The molecule has 1 fully saturated rings. The van der Waals surface area contributed by atoms with Crippen molar-refractivity contribution < 1.29 is 24.5 Å². The van der Waals surface area contributed by atoms with Crippen LogP contribution in [0.2, 0.25) is 0 Å². The molecule has 0 bridgehead atoms. The quantitative estimate of drug-likeness (QED) is 0.267. The van der Waals surface area contributed by atoms with E-state index in [0.29, 0.717) is 24.1 Å². The van der Waals surface area contributed by atoms with E-state index >= 15 is 0 Å². The van der Waals surface area contributed by atoms with Crippen molar-refractivity contribution in [1.82, 2.24) is 5.32 Å². The number of hydrogen-bond acceptors (Lipinski definition) is 7. The van der Waals surface area contributed by atoms with Gasteiger partial charge in [0, 0.05) is 18.1 Å². The summed E-state index contributed by atoms with van der Waals surface area (Å²) in [5, 5.41) is 23.1. The third-order valence-electron chi connectivity index (χ3n) is 7.57. The number of aliphatic hydroxyl groups is 1. The molecule has 0 heterocycles. The van der Waals surface area contributed by atoms with Crippen molar-refractivity contribution in [3.63, 3.8) is 0 Å². The van der Waals surface area contributed by atoms with Crippen LogP contribution in [0.5, 0.6) is 11.5 Å². The van der Waals surface area contributed by atoms with Crippen LogP contribution in [0.3, 0.4) is 0 Å². The number of aliphatic carboxylic acids is 1. The number of benzene rings is 2. The normalized spacial score (nSPS) is 21.1. The Morgan fingerprint density at radius 1 is 1.05 bits per heavy atom. The molecule has 0 aliphatic heterocycles. The standard InChI is InChI=1S/C31H47N3O5/c1-19(2)27-14-22(15-28-20(3)12-26(13-21(28)4)38-18-30(35)36)8-11-29(27)39-31(37)17-34-25-7-5-6-23(32)16-24(33)9-10-25/h8,11-14,19,23-25,31,34,37H,5-7,9-10,15-18,32-33H2,1-4H3,(H,35,36). The summed E-state index contributed by atoms with van der Waals surface area (Å²) in [6.45, 7) is 8.25. The van der Waals surface area contributed by atoms with E-state index < -0.39 is 12.3 Å². The first kappa shape index (κ1) is 30.9. The molecule has 1 saturated carbocycles. The van der Waals surface area contributed by atoms with Crippen molar-refractivity contribution in [3.8, 4) is 11.5 Å². The highest BCUT2D eigenvalue weighted by atomic mass is 16.6. The van der Waals surface area contributed by atoms with E-state index in [1.54, 1.807) is 0 Å². The summed E-state index contributed by atoms with van der Waals surface area (Å²) < 4.78 is 11.4. The number of carboxylic acid groups (broad SMARTS) is 1. The molecule has 3 rings (SSSR count). The highest BCUT2D eigenvalue weighted by Crippen LogP contribution is 2.31. The van der Waals surface area contributed by atoms with Gasteiger partial charge in [0.05, 0.1) is 6.54 Å². The number of aliphatic hydroxyl groups excluding tert-OH is 1. The molecule has 0 saturated heterocycles. The predicted molar refractivity (Wildman–Crippen MR) is 154 cm³/mol. The van der Waals surface area contributed by atoms with Crippen molar-refractivity contribution in [2.45, 2.75) is 103 Å². The summed E-state index contributed by atoms with van der Waals surface area (Å²) in [5.41, 5.74) is 17.9. The number of ether oxygens (including phenoxy) is 2. The number of nitrogens with one attached hydrogen (secondary N) is 1. The van der Waals surface area contributed by atoms with E-state index in [-0.39, 0.29) is 24.6 Å². The van der Waals surface area contributed by atoms with Gasteiger partial charge in [-0.1, -0.05) is 32.4 Å². The first-order valence-corrected chi connectivity index (χ1v) is 14.2. The van der Waals surface area contributed by atoms with Gasteiger partial charge in [0.2, 0.25) is 6.29 Å². The molecule has 0 aromatic heterocycles. The molecule has 1 aliphatic rings. The van der Waals surface area contributed by atoms with Crippen molar-refractivity contribution in [3.05, 3.63) is 58.1 Å². The fraction of sp³-hybridized carbons (Fsp3) is 0.581. The Kier molecular flexibility index (Phi) is 11.6. The van der Waals surface area contributed by atoms with Gasteiger partial charge < -0.3 is 36.5 Å². The van der Waals surface area contributed by atoms with Crippen LogP contribution in [-0.2, 0) is 11.2 Å². The molecule has 1 aliphatic carbocycles. The second-order valence-electron chi connectivity index (χ2n) is 11.4. The lowest BCUT2D eigenvalue weighted by molar-refractivity contribution is -0.139. The zero-order valence-electron chi connectivity index (χ0n) is 23.9. The molecule has 2 aromatic carbocycles. The smallest absolute Gasteiger partial charge is 0.341 e. The molecule has 8 nitrogen and oxygen atoms in total. The van der Waals surface area contributed by atoms with Gasteiger partial charge in [-0.25, -0.2) is 4.79 Å². The largest absolute Gasteiger partial charge is 0.482 e. The van der Waals surface area contributed by atoms with Crippen LogP contribution in [0, 0.1) is 13.8 Å². The molecule has 0 amide bonds. The summed E-state index contributed by atoms with van der Waals surface area (Å²) >= 11 is 0. The molecular formula is C31H47N3O5. The van der Waals surface area contributed by atoms with Gasteiger partial charge in [-0.05, 0) is 104 Å². The summed E-state index contributed by atoms with van der Waals surface area (Å²) in [5.74, 6) is 0.473. The molecule has 216 valence electrons. The van der Waals surface area contributed by atoms with Gasteiger partial charge in [0.1, 0.15) is 11.5 Å². The van der Waals surface area contributed by atoms with E-state index in [4.69, 9.17) is 26.0 Å². The molecule has 0 radical (unpaired) electrons. The topological polar surface area (TPSA) is 140 Å². The van der Waals surface area contributed by atoms with Gasteiger partial charge in [0.25, 0.3) is 0 Å². The molecule has 0 spiro atoms. The average molecular weight is 542 g/mol. The number of nitrogens with two attached hydrogens (primary N) is 2. The second-order valence-corrected chi connectivity index (χ2v) is 11.4. The Balaban J connectivity index is 1.63. The predicted octanol–water partition coefficient (Wildman–Crippen LogP) is 4.15. The van der Waals surface area contributed by atoms with Gasteiger partial charge in [-0.2, -0.15) is 0 Å². The van der Waals surface area contributed by atoms with E-state index in [1.807, 2.05) is 38.1 Å². The lowest BCUT2D eigenvalue weighted by atomic mass is 9.93. The fourth-order valence-electron chi connectivity index (χ4n) is 5.40. The van der Waals surface area contributed by atoms with E-state index in [2.05, 4.69) is 25.2 Å². The maximum atomic E-state index is 10.8. The van der Waals surface area contributed by atoms with E-state index in [9.17, 15) is 9.90 Å². The molecule has 4 atom stereocenters. The van der Waals surface area contributed by atoms with Crippen LogP contribution in [0.1, 0.15) is 86.1 Å². The summed E-state index contributed by atoms with van der Waals surface area (Å²) in [6.07, 6.45) is 5.60. The van der Waals surface area contributed by atoms with E-state index in [1.165, 1.54) is 5.56 Å². The SMILES string of the molecule is Cc1cc(OCC(=O)O)cc(C)c1Cc1ccc(OC(O)CNC2CCCC(N)CC(N)CC2)c(C(C)C)c1. The summed E-state index contributed by atoms with van der Waals surface area (Å²) in [7, 11) is 0. The molecular weight excluding hydrogens is 494 g/mol. The Labute approximate surface area is 233 Å². The van der Waals surface area contributed by atoms with Gasteiger partial charge >= 0.3 is 5.97 Å². The number of aryl methyl sites for hydroxylation is 2. The molecule has 2 aromatic rings. The average Bonchev–Trinajstić information content (AvgIpc) is 2.94. The lowest BCUT2D eigenvalue weighted by Crippen LogP contribution is -2.38. The Morgan fingerprint density at radius 3 is 2.41 bits per heavy atom. The highest BCUT2D eigenvalue weighted by Gasteiger charge is 2.20. The van der Waals surface area contributed by atoms with E-state index in [0.717, 1.165) is 67.2 Å². The monoisotopic (exact) mass is 541 g/mol. The van der Waals surface area contributed by atoms with Crippen molar-refractivity contribution >= 4 is 5.97 Å². The van der Waals surface area contributed by atoms with Crippen molar-refractivity contribution in [2.75, 3.05) is 13.2 Å². The van der Waals surface area contributed by atoms with Crippen molar-refractivity contribution in [1.29, 1.82) is 0 Å². The zero-order valence-corrected chi connectivity index (χ0v) is 23.9. The molecule has 4 unspecified atom stereocenters. The van der Waals surface area contributed by atoms with Crippen molar-refractivity contribution in [2.24, 2.45) is 11.5 Å². The van der Waals surface area contributed by atoms with Crippen LogP contribution in [0.4, 0.5) is 0 Å². The minimum Gasteiger partial charge on any atom is -0.482 e. The van der Waals surface area contributed by atoms with Crippen LogP contribution in [0.15, 0.2) is 30.3 Å².